The number of halogens is 1. The summed E-state index contributed by atoms with van der Waals surface area (Å²) in [5.74, 6) is 0.794. The van der Waals surface area contributed by atoms with E-state index >= 15 is 0 Å². The maximum absolute atomic E-state index is 10.6. The zero-order valence-electron chi connectivity index (χ0n) is 13.9. The number of hydrogen-bond acceptors (Lipinski definition) is 4. The fraction of sp³-hybridized carbons (Fsp3) is 0.562. The summed E-state index contributed by atoms with van der Waals surface area (Å²) < 4.78 is 5.31. The molecular formula is C16H25IN4O3. The van der Waals surface area contributed by atoms with Crippen molar-refractivity contribution < 1.29 is 9.66 Å². The fourth-order valence-electron chi connectivity index (χ4n) is 1.99. The van der Waals surface area contributed by atoms with Crippen LogP contribution in [0.25, 0.3) is 0 Å². The summed E-state index contributed by atoms with van der Waals surface area (Å²) in [5, 5.41) is 17.3. The minimum atomic E-state index is -0.396. The maximum Gasteiger partial charge on any atom is 0.269 e. The molecule has 2 rings (SSSR count). The highest BCUT2D eigenvalue weighted by Crippen LogP contribution is 2.18. The Morgan fingerprint density at radius 3 is 2.67 bits per heavy atom. The van der Waals surface area contributed by atoms with Gasteiger partial charge in [-0.2, -0.15) is 0 Å². The fourth-order valence-corrected chi connectivity index (χ4v) is 1.99. The van der Waals surface area contributed by atoms with E-state index in [0.29, 0.717) is 12.6 Å². The number of nitrogens with zero attached hydrogens (tertiary/aromatic N) is 2. The van der Waals surface area contributed by atoms with Crippen LogP contribution in [0, 0.1) is 10.1 Å². The van der Waals surface area contributed by atoms with Gasteiger partial charge in [-0.05, 0) is 31.7 Å². The zero-order valence-corrected chi connectivity index (χ0v) is 16.2. The Morgan fingerprint density at radius 2 is 2.08 bits per heavy atom. The average Bonchev–Trinajstić information content (AvgIpc) is 3.36. The van der Waals surface area contributed by atoms with Crippen molar-refractivity contribution in [3.05, 3.63) is 39.9 Å². The third-order valence-electron chi connectivity index (χ3n) is 3.45. The van der Waals surface area contributed by atoms with Crippen LogP contribution in [-0.2, 0) is 11.3 Å². The van der Waals surface area contributed by atoms with Crippen LogP contribution < -0.4 is 10.6 Å². The molecule has 0 spiro atoms. The quantitative estimate of drug-likeness (QED) is 0.152. The van der Waals surface area contributed by atoms with Crippen molar-refractivity contribution in [3.63, 3.8) is 0 Å². The van der Waals surface area contributed by atoms with Crippen LogP contribution in [0.4, 0.5) is 5.69 Å². The van der Waals surface area contributed by atoms with Crippen molar-refractivity contribution >= 4 is 35.6 Å². The van der Waals surface area contributed by atoms with Crippen LogP contribution in [0.3, 0.4) is 0 Å². The van der Waals surface area contributed by atoms with E-state index in [-0.39, 0.29) is 29.7 Å². The highest BCUT2D eigenvalue weighted by atomic mass is 127. The smallest absolute Gasteiger partial charge is 0.269 e. The van der Waals surface area contributed by atoms with Gasteiger partial charge < -0.3 is 15.4 Å². The van der Waals surface area contributed by atoms with Crippen molar-refractivity contribution in [3.8, 4) is 0 Å². The maximum atomic E-state index is 10.6. The molecule has 0 bridgehead atoms. The van der Waals surface area contributed by atoms with Gasteiger partial charge in [0.15, 0.2) is 5.96 Å². The van der Waals surface area contributed by atoms with Crippen molar-refractivity contribution in [1.82, 2.24) is 10.6 Å². The molecule has 0 amide bonds. The first-order chi connectivity index (χ1) is 11.2. The molecule has 1 aliphatic rings. The summed E-state index contributed by atoms with van der Waals surface area (Å²) in [5.41, 5.74) is 1.05. The molecule has 7 nitrogen and oxygen atoms in total. The summed E-state index contributed by atoms with van der Waals surface area (Å²) in [7, 11) is 0. The van der Waals surface area contributed by atoms with Crippen molar-refractivity contribution in [2.24, 2.45) is 4.99 Å². The second kappa shape index (κ2) is 11.2. The Hall–Kier alpha value is -1.42. The monoisotopic (exact) mass is 448 g/mol. The molecule has 134 valence electrons. The first-order valence-corrected chi connectivity index (χ1v) is 8.05. The van der Waals surface area contributed by atoms with Crippen LogP contribution in [0.5, 0.6) is 0 Å². The second-order valence-electron chi connectivity index (χ2n) is 5.48. The first kappa shape index (κ1) is 20.6. The van der Waals surface area contributed by atoms with Crippen molar-refractivity contribution in [2.75, 3.05) is 19.8 Å². The summed E-state index contributed by atoms with van der Waals surface area (Å²) >= 11 is 0. The number of nitrogens with one attached hydrogen (secondary N) is 2. The minimum Gasteiger partial charge on any atom is -0.382 e. The molecule has 24 heavy (non-hydrogen) atoms. The van der Waals surface area contributed by atoms with Gasteiger partial charge in [0.1, 0.15) is 0 Å². The summed E-state index contributed by atoms with van der Waals surface area (Å²) in [4.78, 5) is 14.8. The highest BCUT2D eigenvalue weighted by Gasteiger charge is 2.22. The molecule has 8 heteroatoms. The predicted molar refractivity (Wildman–Crippen MR) is 105 cm³/mol. The van der Waals surface area contributed by atoms with E-state index in [9.17, 15) is 10.1 Å². The predicted octanol–water partition coefficient (Wildman–Crippen LogP) is 2.84. The Kier molecular flexibility index (Phi) is 9.62. The van der Waals surface area contributed by atoms with Crippen LogP contribution in [-0.4, -0.2) is 36.7 Å². The third-order valence-corrected chi connectivity index (χ3v) is 3.45. The summed E-state index contributed by atoms with van der Waals surface area (Å²) in [6.45, 7) is 4.76. The molecular weight excluding hydrogens is 423 g/mol. The van der Waals surface area contributed by atoms with Gasteiger partial charge >= 0.3 is 0 Å². The molecule has 0 atom stereocenters. The first-order valence-electron chi connectivity index (χ1n) is 8.05. The Morgan fingerprint density at radius 1 is 1.38 bits per heavy atom. The number of hydrogen-bond donors (Lipinski definition) is 2. The molecule has 0 radical (unpaired) electrons. The number of nitro groups is 1. The number of non-ortho nitro benzene ring substituents is 1. The molecule has 0 unspecified atom stereocenters. The Bertz CT molecular complexity index is 533. The van der Waals surface area contributed by atoms with Gasteiger partial charge in [0.25, 0.3) is 5.69 Å². The van der Waals surface area contributed by atoms with Gasteiger partial charge in [-0.3, -0.25) is 10.1 Å². The van der Waals surface area contributed by atoms with Crippen LogP contribution >= 0.6 is 24.0 Å². The van der Waals surface area contributed by atoms with Crippen LogP contribution in [0.2, 0.25) is 0 Å². The molecule has 1 saturated carbocycles. The van der Waals surface area contributed by atoms with E-state index in [2.05, 4.69) is 15.6 Å². The zero-order chi connectivity index (χ0) is 16.5. The van der Waals surface area contributed by atoms with Gasteiger partial charge in [-0.15, -0.1) is 24.0 Å². The SMILES string of the molecule is CCOCCCNC(=NCc1ccc([N+](=O)[O-])cc1)NC1CC1.I. The topological polar surface area (TPSA) is 88.8 Å². The molecule has 0 saturated heterocycles. The van der Waals surface area contributed by atoms with E-state index in [1.165, 1.54) is 25.0 Å². The number of nitro benzene ring substituents is 1. The third kappa shape index (κ3) is 7.91. The number of ether oxygens (including phenoxy) is 1. The largest absolute Gasteiger partial charge is 0.382 e. The number of aliphatic imine (C=N–C) groups is 1. The molecule has 1 aliphatic carbocycles. The molecule has 2 N–H and O–H groups in total. The van der Waals surface area contributed by atoms with Crippen molar-refractivity contribution in [1.29, 1.82) is 0 Å². The molecule has 0 aliphatic heterocycles. The molecule has 1 aromatic carbocycles. The average molecular weight is 448 g/mol. The van der Waals surface area contributed by atoms with E-state index in [4.69, 9.17) is 4.74 Å². The molecule has 0 heterocycles. The van der Waals surface area contributed by atoms with Crippen LogP contribution in [0.15, 0.2) is 29.3 Å². The number of guanidine groups is 1. The Balaban J connectivity index is 0.00000288. The van der Waals surface area contributed by atoms with Gasteiger partial charge in [-0.25, -0.2) is 4.99 Å². The lowest BCUT2D eigenvalue weighted by Gasteiger charge is -2.12. The lowest BCUT2D eigenvalue weighted by Crippen LogP contribution is -2.39. The lowest BCUT2D eigenvalue weighted by atomic mass is 10.2. The van der Waals surface area contributed by atoms with Crippen LogP contribution in [0.1, 0.15) is 31.7 Å². The summed E-state index contributed by atoms with van der Waals surface area (Å²) in [6.07, 6.45) is 3.28. The van der Waals surface area contributed by atoms with Gasteiger partial charge in [0.2, 0.25) is 0 Å². The normalized spacial score (nSPS) is 14.0. The lowest BCUT2D eigenvalue weighted by molar-refractivity contribution is -0.384. The van der Waals surface area contributed by atoms with Gasteiger partial charge in [0, 0.05) is 37.9 Å². The van der Waals surface area contributed by atoms with Crippen molar-refractivity contribution in [2.45, 2.75) is 38.8 Å². The van der Waals surface area contributed by atoms with E-state index in [1.54, 1.807) is 12.1 Å². The number of benzene rings is 1. The Labute approximate surface area is 159 Å². The van der Waals surface area contributed by atoms with E-state index in [0.717, 1.165) is 37.7 Å². The second-order valence-corrected chi connectivity index (χ2v) is 5.48. The molecule has 0 aromatic heterocycles. The molecule has 1 aromatic rings. The highest BCUT2D eigenvalue weighted by molar-refractivity contribution is 14.0. The minimum absolute atomic E-state index is 0. The summed E-state index contributed by atoms with van der Waals surface area (Å²) in [6, 6.07) is 7.02. The van der Waals surface area contributed by atoms with E-state index < -0.39 is 4.92 Å². The standard InChI is InChI=1S/C16H24N4O3.HI/c1-2-23-11-3-10-17-16(19-14-6-7-14)18-12-13-4-8-15(9-5-13)20(21)22;/h4-5,8-9,14H,2-3,6-7,10-12H2,1H3,(H2,17,18,19);1H. The number of rotatable bonds is 9. The van der Waals surface area contributed by atoms with Gasteiger partial charge in [-0.1, -0.05) is 12.1 Å². The van der Waals surface area contributed by atoms with Gasteiger partial charge in [0.05, 0.1) is 11.5 Å². The molecule has 1 fully saturated rings. The van der Waals surface area contributed by atoms with E-state index in [1.807, 2.05) is 6.92 Å².